The lowest BCUT2D eigenvalue weighted by molar-refractivity contribution is -0.419. The van der Waals surface area contributed by atoms with Crippen LogP contribution in [0.1, 0.15) is 41.0 Å². The lowest BCUT2D eigenvalue weighted by Crippen LogP contribution is -2.20. The van der Waals surface area contributed by atoms with Crippen molar-refractivity contribution < 1.29 is 4.92 Å². The summed E-state index contributed by atoms with van der Waals surface area (Å²) in [5.74, 6) is 0. The van der Waals surface area contributed by atoms with Crippen molar-refractivity contribution in [2.75, 3.05) is 13.1 Å². The number of allylic oxidation sites excluding steroid dienone is 4. The van der Waals surface area contributed by atoms with Crippen molar-refractivity contribution in [3.05, 3.63) is 57.8 Å². The summed E-state index contributed by atoms with van der Waals surface area (Å²) in [4.78, 5) is 10.3. The number of hydrogen-bond donors (Lipinski definition) is 1. The molecule has 20 heavy (non-hydrogen) atoms. The molecule has 1 N–H and O–H groups in total. The van der Waals surface area contributed by atoms with Crippen LogP contribution in [0.2, 0.25) is 0 Å². The third-order valence-corrected chi connectivity index (χ3v) is 2.43. The molecule has 0 aromatic heterocycles. The Morgan fingerprint density at radius 3 is 2.40 bits per heavy atom. The van der Waals surface area contributed by atoms with E-state index in [1.165, 1.54) is 17.7 Å². The standard InChI is InChI=1S/C12H16N2O2.2C2H6/c1-3-4-12(14(15)16)9-10(2)11-5-7-13-8-6-11;2*1-2/h3-5,9,13H,1,6-8H2,2H3;2*1-2H3/b10-9+,12-4+;;. The van der Waals surface area contributed by atoms with Crippen LogP contribution in [0.5, 0.6) is 0 Å². The molecule has 0 saturated carbocycles. The summed E-state index contributed by atoms with van der Waals surface area (Å²) in [6.45, 7) is 15.1. The summed E-state index contributed by atoms with van der Waals surface area (Å²) in [6, 6.07) is 0. The van der Waals surface area contributed by atoms with Crippen LogP contribution in [0.3, 0.4) is 0 Å². The molecule has 0 amide bonds. The molecule has 1 aliphatic rings. The highest BCUT2D eigenvalue weighted by Gasteiger charge is 2.09. The molecule has 0 radical (unpaired) electrons. The fraction of sp³-hybridized carbons (Fsp3) is 0.500. The van der Waals surface area contributed by atoms with Crippen molar-refractivity contribution in [1.29, 1.82) is 0 Å². The summed E-state index contributed by atoms with van der Waals surface area (Å²) < 4.78 is 0. The van der Waals surface area contributed by atoms with Crippen LogP contribution in [-0.2, 0) is 0 Å². The van der Waals surface area contributed by atoms with Crippen molar-refractivity contribution >= 4 is 0 Å². The average Bonchev–Trinajstić information content (AvgIpc) is 2.51. The molecular formula is C16H28N2O2. The van der Waals surface area contributed by atoms with E-state index in [0.29, 0.717) is 0 Å². The molecule has 4 nitrogen and oxygen atoms in total. The van der Waals surface area contributed by atoms with Crippen LogP contribution in [0.25, 0.3) is 0 Å². The van der Waals surface area contributed by atoms with Gasteiger partial charge in [0.2, 0.25) is 0 Å². The van der Waals surface area contributed by atoms with Gasteiger partial charge in [0.05, 0.1) is 4.92 Å². The van der Waals surface area contributed by atoms with E-state index in [2.05, 4.69) is 18.0 Å². The molecule has 0 aromatic rings. The molecule has 0 atom stereocenters. The zero-order chi connectivity index (χ0) is 16.0. The van der Waals surface area contributed by atoms with Gasteiger partial charge in [0, 0.05) is 18.7 Å². The highest BCUT2D eigenvalue weighted by molar-refractivity contribution is 5.35. The smallest absolute Gasteiger partial charge is 0.269 e. The van der Waals surface area contributed by atoms with Crippen molar-refractivity contribution in [1.82, 2.24) is 5.32 Å². The minimum absolute atomic E-state index is 0.0759. The monoisotopic (exact) mass is 280 g/mol. The second kappa shape index (κ2) is 13.7. The number of nitrogens with zero attached hydrogens (tertiary/aromatic N) is 1. The first-order chi connectivity index (χ1) is 9.65. The minimum Gasteiger partial charge on any atom is -0.313 e. The van der Waals surface area contributed by atoms with Crippen molar-refractivity contribution in [2.45, 2.75) is 41.0 Å². The molecule has 114 valence electrons. The average molecular weight is 280 g/mol. The predicted octanol–water partition coefficient (Wildman–Crippen LogP) is 4.25. The maximum atomic E-state index is 10.7. The molecule has 1 aliphatic heterocycles. The third-order valence-electron chi connectivity index (χ3n) is 2.43. The molecule has 0 unspecified atom stereocenters. The van der Waals surface area contributed by atoms with Crippen LogP contribution in [0, 0.1) is 10.1 Å². The summed E-state index contributed by atoms with van der Waals surface area (Å²) >= 11 is 0. The Kier molecular flexibility index (Phi) is 14.2. The Bertz CT molecular complexity index is 380. The Morgan fingerprint density at radius 1 is 1.40 bits per heavy atom. The van der Waals surface area contributed by atoms with Crippen molar-refractivity contribution in [2.24, 2.45) is 0 Å². The van der Waals surface area contributed by atoms with Crippen LogP contribution in [-0.4, -0.2) is 18.0 Å². The molecule has 1 heterocycles. The molecule has 4 heteroatoms. The van der Waals surface area contributed by atoms with Crippen molar-refractivity contribution in [3.8, 4) is 0 Å². The van der Waals surface area contributed by atoms with Crippen LogP contribution < -0.4 is 5.32 Å². The van der Waals surface area contributed by atoms with E-state index in [-0.39, 0.29) is 5.70 Å². The number of hydrogen-bond acceptors (Lipinski definition) is 3. The zero-order valence-electron chi connectivity index (χ0n) is 13.4. The normalized spacial score (nSPS) is 14.9. The van der Waals surface area contributed by atoms with Gasteiger partial charge in [-0.05, 0) is 31.0 Å². The predicted molar refractivity (Wildman–Crippen MR) is 87.3 cm³/mol. The summed E-state index contributed by atoms with van der Waals surface area (Å²) in [7, 11) is 0. The molecule has 0 spiro atoms. The Balaban J connectivity index is 0. The Hall–Kier alpha value is -1.68. The molecule has 0 saturated heterocycles. The molecule has 0 bridgehead atoms. The summed E-state index contributed by atoms with van der Waals surface area (Å²) in [5, 5.41) is 13.9. The van der Waals surface area contributed by atoms with E-state index in [9.17, 15) is 10.1 Å². The second-order valence-corrected chi connectivity index (χ2v) is 3.60. The van der Waals surface area contributed by atoms with Gasteiger partial charge in [-0.25, -0.2) is 0 Å². The lowest BCUT2D eigenvalue weighted by atomic mass is 10.0. The van der Waals surface area contributed by atoms with Gasteiger partial charge in [-0.1, -0.05) is 46.4 Å². The van der Waals surface area contributed by atoms with Crippen LogP contribution >= 0.6 is 0 Å². The SMILES string of the molecule is C=C/C=C(\C=C(/C)C1=CCNCC1)[N+](=O)[O-].CC.CC. The molecule has 0 aromatic carbocycles. The van der Waals surface area contributed by atoms with Gasteiger partial charge < -0.3 is 5.32 Å². The molecular weight excluding hydrogens is 252 g/mol. The van der Waals surface area contributed by atoms with Crippen LogP contribution in [0.15, 0.2) is 47.7 Å². The van der Waals surface area contributed by atoms with Gasteiger partial charge in [-0.3, -0.25) is 10.1 Å². The van der Waals surface area contributed by atoms with Gasteiger partial charge in [-0.2, -0.15) is 0 Å². The van der Waals surface area contributed by atoms with Gasteiger partial charge in [-0.15, -0.1) is 0 Å². The molecule has 1 rings (SSSR count). The van der Waals surface area contributed by atoms with E-state index < -0.39 is 4.92 Å². The third kappa shape index (κ3) is 8.43. The maximum absolute atomic E-state index is 10.7. The van der Waals surface area contributed by atoms with Gasteiger partial charge in [0.1, 0.15) is 0 Å². The van der Waals surface area contributed by atoms with Crippen LogP contribution in [0.4, 0.5) is 0 Å². The lowest BCUT2D eigenvalue weighted by Gasteiger charge is -2.13. The second-order valence-electron chi connectivity index (χ2n) is 3.60. The summed E-state index contributed by atoms with van der Waals surface area (Å²) in [6.07, 6.45) is 7.42. The van der Waals surface area contributed by atoms with E-state index in [4.69, 9.17) is 0 Å². The highest BCUT2D eigenvalue weighted by Crippen LogP contribution is 2.17. The van der Waals surface area contributed by atoms with E-state index in [0.717, 1.165) is 25.1 Å². The van der Waals surface area contributed by atoms with Gasteiger partial charge in [0.15, 0.2) is 0 Å². The van der Waals surface area contributed by atoms with Gasteiger partial charge >= 0.3 is 0 Å². The Morgan fingerprint density at radius 2 is 2.00 bits per heavy atom. The molecule has 0 aliphatic carbocycles. The first-order valence-electron chi connectivity index (χ1n) is 7.20. The first kappa shape index (κ1) is 20.6. The number of rotatable bonds is 4. The fourth-order valence-corrected chi connectivity index (χ4v) is 1.58. The summed E-state index contributed by atoms with van der Waals surface area (Å²) in [5.41, 5.74) is 2.20. The largest absolute Gasteiger partial charge is 0.313 e. The number of nitro groups is 1. The Labute approximate surface area is 123 Å². The van der Waals surface area contributed by atoms with Crippen molar-refractivity contribution in [3.63, 3.8) is 0 Å². The highest BCUT2D eigenvalue weighted by atomic mass is 16.6. The van der Waals surface area contributed by atoms with Gasteiger partial charge in [0.25, 0.3) is 5.70 Å². The quantitative estimate of drug-likeness (QED) is 0.476. The zero-order valence-corrected chi connectivity index (χ0v) is 13.4. The molecule has 0 fully saturated rings. The number of nitrogens with one attached hydrogen (secondary N) is 1. The van der Waals surface area contributed by atoms with E-state index in [1.54, 1.807) is 6.08 Å². The fourth-order valence-electron chi connectivity index (χ4n) is 1.58. The van der Waals surface area contributed by atoms with E-state index >= 15 is 0 Å². The topological polar surface area (TPSA) is 55.2 Å². The maximum Gasteiger partial charge on any atom is 0.269 e. The minimum atomic E-state index is -0.396. The van der Waals surface area contributed by atoms with E-state index in [1.807, 2.05) is 34.6 Å². The first-order valence-corrected chi connectivity index (χ1v) is 7.20.